The molecule has 1 unspecified atom stereocenters. The predicted molar refractivity (Wildman–Crippen MR) is 83.8 cm³/mol. The molecule has 1 aliphatic heterocycles. The minimum atomic E-state index is 0.358. The summed E-state index contributed by atoms with van der Waals surface area (Å²) in [7, 11) is 1.71. The molecule has 0 spiro atoms. The van der Waals surface area contributed by atoms with Crippen LogP contribution in [0.5, 0.6) is 5.75 Å². The predicted octanol–water partition coefficient (Wildman–Crippen LogP) is 3.44. The summed E-state index contributed by atoms with van der Waals surface area (Å²) >= 11 is 0. The zero-order valence-electron chi connectivity index (χ0n) is 12.8. The molecule has 1 aromatic heterocycles. The van der Waals surface area contributed by atoms with Crippen molar-refractivity contribution in [3.63, 3.8) is 0 Å². The summed E-state index contributed by atoms with van der Waals surface area (Å²) < 4.78 is 5.34. The van der Waals surface area contributed by atoms with E-state index in [-0.39, 0.29) is 0 Å². The SMILES string of the molecule is COc1cccc(C2CCCN2c2cc(C)c(C)nn2)c1. The third-order valence-corrected chi connectivity index (χ3v) is 4.24. The third-order valence-electron chi connectivity index (χ3n) is 4.24. The molecule has 4 heteroatoms. The van der Waals surface area contributed by atoms with Gasteiger partial charge in [-0.2, -0.15) is 5.10 Å². The van der Waals surface area contributed by atoms with Gasteiger partial charge in [0.25, 0.3) is 0 Å². The highest BCUT2D eigenvalue weighted by molar-refractivity contribution is 5.46. The molecule has 1 fully saturated rings. The van der Waals surface area contributed by atoms with Gasteiger partial charge < -0.3 is 9.64 Å². The Hall–Kier alpha value is -2.10. The average Bonchev–Trinajstić information content (AvgIpc) is 2.99. The van der Waals surface area contributed by atoms with E-state index in [1.165, 1.54) is 17.5 Å². The lowest BCUT2D eigenvalue weighted by molar-refractivity contribution is 0.414. The summed E-state index contributed by atoms with van der Waals surface area (Å²) in [6.45, 7) is 5.11. The molecule has 1 aromatic carbocycles. The van der Waals surface area contributed by atoms with Crippen molar-refractivity contribution in [2.75, 3.05) is 18.6 Å². The molecular weight excluding hydrogens is 262 g/mol. The first-order valence-corrected chi connectivity index (χ1v) is 7.40. The molecule has 1 aliphatic rings. The second-order valence-electron chi connectivity index (χ2n) is 5.60. The number of aryl methyl sites for hydroxylation is 2. The molecule has 0 amide bonds. The monoisotopic (exact) mass is 283 g/mol. The van der Waals surface area contributed by atoms with Crippen LogP contribution in [0, 0.1) is 13.8 Å². The molecule has 110 valence electrons. The first-order chi connectivity index (χ1) is 10.2. The molecular formula is C17H21N3O. The Morgan fingerprint density at radius 3 is 2.81 bits per heavy atom. The molecule has 1 saturated heterocycles. The highest BCUT2D eigenvalue weighted by atomic mass is 16.5. The van der Waals surface area contributed by atoms with Crippen LogP contribution in [0.15, 0.2) is 30.3 Å². The van der Waals surface area contributed by atoms with Crippen LogP contribution in [0.4, 0.5) is 5.82 Å². The second-order valence-corrected chi connectivity index (χ2v) is 5.60. The van der Waals surface area contributed by atoms with Crippen molar-refractivity contribution in [3.8, 4) is 5.75 Å². The highest BCUT2D eigenvalue weighted by Gasteiger charge is 2.27. The van der Waals surface area contributed by atoms with Crippen molar-refractivity contribution in [3.05, 3.63) is 47.2 Å². The molecule has 2 aromatic rings. The van der Waals surface area contributed by atoms with Crippen molar-refractivity contribution >= 4 is 5.82 Å². The quantitative estimate of drug-likeness (QED) is 0.865. The van der Waals surface area contributed by atoms with Gasteiger partial charge in [0.15, 0.2) is 5.82 Å². The first-order valence-electron chi connectivity index (χ1n) is 7.40. The van der Waals surface area contributed by atoms with Crippen LogP contribution in [0.2, 0.25) is 0 Å². The van der Waals surface area contributed by atoms with Crippen LogP contribution in [0.1, 0.15) is 35.7 Å². The number of methoxy groups -OCH3 is 1. The molecule has 0 N–H and O–H groups in total. The molecule has 2 heterocycles. The van der Waals surface area contributed by atoms with Gasteiger partial charge in [0.1, 0.15) is 5.75 Å². The fourth-order valence-electron chi connectivity index (χ4n) is 2.91. The van der Waals surface area contributed by atoms with Gasteiger partial charge in [-0.25, -0.2) is 0 Å². The molecule has 21 heavy (non-hydrogen) atoms. The van der Waals surface area contributed by atoms with Gasteiger partial charge in [-0.05, 0) is 56.0 Å². The Balaban J connectivity index is 1.92. The lowest BCUT2D eigenvalue weighted by atomic mass is 10.0. The highest BCUT2D eigenvalue weighted by Crippen LogP contribution is 2.36. The summed E-state index contributed by atoms with van der Waals surface area (Å²) in [5.74, 6) is 1.88. The standard InChI is InChI=1S/C17H21N3O/c1-12-10-17(19-18-13(12)2)20-9-5-8-16(20)14-6-4-7-15(11-14)21-3/h4,6-7,10-11,16H,5,8-9H2,1-3H3. The maximum Gasteiger partial charge on any atom is 0.152 e. The van der Waals surface area contributed by atoms with Gasteiger partial charge in [-0.15, -0.1) is 5.10 Å². The van der Waals surface area contributed by atoms with Gasteiger partial charge >= 0.3 is 0 Å². The number of anilines is 1. The fourth-order valence-corrected chi connectivity index (χ4v) is 2.91. The van der Waals surface area contributed by atoms with Crippen LogP contribution < -0.4 is 9.64 Å². The molecule has 4 nitrogen and oxygen atoms in total. The van der Waals surface area contributed by atoms with Crippen LogP contribution in [0.3, 0.4) is 0 Å². The van der Waals surface area contributed by atoms with E-state index in [1.807, 2.05) is 13.0 Å². The Bertz CT molecular complexity index is 642. The summed E-state index contributed by atoms with van der Waals surface area (Å²) in [4.78, 5) is 2.36. The lowest BCUT2D eigenvalue weighted by Gasteiger charge is -2.26. The van der Waals surface area contributed by atoms with Crippen LogP contribution >= 0.6 is 0 Å². The zero-order valence-corrected chi connectivity index (χ0v) is 12.8. The Labute approximate surface area is 125 Å². The van der Waals surface area contributed by atoms with E-state index in [1.54, 1.807) is 7.11 Å². The van der Waals surface area contributed by atoms with E-state index in [9.17, 15) is 0 Å². The second kappa shape index (κ2) is 5.72. The number of ether oxygens (including phenoxy) is 1. The van der Waals surface area contributed by atoms with Crippen molar-refractivity contribution < 1.29 is 4.74 Å². The van der Waals surface area contributed by atoms with Crippen molar-refractivity contribution in [1.29, 1.82) is 0 Å². The van der Waals surface area contributed by atoms with E-state index in [2.05, 4.69) is 46.3 Å². The molecule has 0 saturated carbocycles. The first kappa shape index (κ1) is 13.9. The van der Waals surface area contributed by atoms with Crippen molar-refractivity contribution in [2.24, 2.45) is 0 Å². The summed E-state index contributed by atoms with van der Waals surface area (Å²) in [5, 5.41) is 8.65. The lowest BCUT2D eigenvalue weighted by Crippen LogP contribution is -2.24. The number of aromatic nitrogens is 2. The summed E-state index contributed by atoms with van der Waals surface area (Å²) in [6, 6.07) is 10.8. The minimum absolute atomic E-state index is 0.358. The molecule has 3 rings (SSSR count). The van der Waals surface area contributed by atoms with Gasteiger partial charge in [0.2, 0.25) is 0 Å². The normalized spacial score (nSPS) is 18.0. The number of benzene rings is 1. The molecule has 0 radical (unpaired) electrons. The topological polar surface area (TPSA) is 38.2 Å². The number of hydrogen-bond donors (Lipinski definition) is 0. The van der Waals surface area contributed by atoms with E-state index in [4.69, 9.17) is 4.74 Å². The summed E-state index contributed by atoms with van der Waals surface area (Å²) in [5.41, 5.74) is 3.47. The maximum atomic E-state index is 5.34. The van der Waals surface area contributed by atoms with Gasteiger partial charge in [-0.1, -0.05) is 12.1 Å². The van der Waals surface area contributed by atoms with Crippen molar-refractivity contribution in [1.82, 2.24) is 10.2 Å². The molecule has 1 atom stereocenters. The van der Waals surface area contributed by atoms with Crippen LogP contribution in [0.25, 0.3) is 0 Å². The van der Waals surface area contributed by atoms with Gasteiger partial charge in [0.05, 0.1) is 18.8 Å². The van der Waals surface area contributed by atoms with Gasteiger partial charge in [-0.3, -0.25) is 0 Å². The zero-order chi connectivity index (χ0) is 14.8. The number of rotatable bonds is 3. The molecule has 0 bridgehead atoms. The smallest absolute Gasteiger partial charge is 0.152 e. The Morgan fingerprint density at radius 1 is 1.19 bits per heavy atom. The minimum Gasteiger partial charge on any atom is -0.497 e. The third kappa shape index (κ3) is 2.71. The van der Waals surface area contributed by atoms with E-state index >= 15 is 0 Å². The average molecular weight is 283 g/mol. The molecule has 0 aliphatic carbocycles. The largest absolute Gasteiger partial charge is 0.497 e. The number of hydrogen-bond acceptors (Lipinski definition) is 4. The van der Waals surface area contributed by atoms with Crippen molar-refractivity contribution in [2.45, 2.75) is 32.7 Å². The van der Waals surface area contributed by atoms with E-state index in [0.717, 1.165) is 30.2 Å². The van der Waals surface area contributed by atoms with E-state index < -0.39 is 0 Å². The fraction of sp³-hybridized carbons (Fsp3) is 0.412. The Morgan fingerprint density at radius 2 is 2.05 bits per heavy atom. The Kier molecular flexibility index (Phi) is 3.78. The van der Waals surface area contributed by atoms with E-state index in [0.29, 0.717) is 6.04 Å². The number of nitrogens with zero attached hydrogens (tertiary/aromatic N) is 3. The van der Waals surface area contributed by atoms with Gasteiger partial charge in [0, 0.05) is 6.54 Å². The van der Waals surface area contributed by atoms with Crippen LogP contribution in [-0.4, -0.2) is 23.9 Å². The summed E-state index contributed by atoms with van der Waals surface area (Å²) in [6.07, 6.45) is 2.32. The van der Waals surface area contributed by atoms with Crippen LogP contribution in [-0.2, 0) is 0 Å². The maximum absolute atomic E-state index is 5.34.